The molecule has 0 saturated heterocycles. The van der Waals surface area contributed by atoms with Gasteiger partial charge in [0.05, 0.1) is 11.2 Å². The van der Waals surface area contributed by atoms with Gasteiger partial charge >= 0.3 is 0 Å². The van der Waals surface area contributed by atoms with Crippen molar-refractivity contribution in [3.8, 4) is 22.6 Å². The Bertz CT molecular complexity index is 2120. The summed E-state index contributed by atoms with van der Waals surface area (Å²) in [6.45, 7) is 0. The molecule has 0 aliphatic carbocycles. The molecule has 0 atom stereocenters. The first-order chi connectivity index (χ1) is 23.8. The molecule has 6 nitrogen and oxygen atoms in total. The second-order valence-electron chi connectivity index (χ2n) is 11.2. The standard InChI is InChI=1S/C42H30N6/c1-5-19-34(20-6-1)47(35-21-7-2-8-22-35)41-44-40(33-18-15-17-32(30-33)39-29-28-31-16-13-14-27-38(31)43-39)45-42(46-41)48(36-23-9-3-10-24-36)37-25-11-4-12-26-37/h1-30H. The van der Waals surface area contributed by atoms with E-state index < -0.39 is 0 Å². The summed E-state index contributed by atoms with van der Waals surface area (Å²) in [6, 6.07) is 61.3. The summed E-state index contributed by atoms with van der Waals surface area (Å²) in [5.74, 6) is 1.54. The fourth-order valence-electron chi connectivity index (χ4n) is 5.80. The maximum absolute atomic E-state index is 5.20. The first-order valence-electron chi connectivity index (χ1n) is 15.8. The minimum absolute atomic E-state index is 0.499. The molecule has 0 bridgehead atoms. The lowest BCUT2D eigenvalue weighted by Gasteiger charge is -2.27. The summed E-state index contributed by atoms with van der Waals surface area (Å²) in [5.41, 5.74) is 7.42. The molecule has 0 spiro atoms. The van der Waals surface area contributed by atoms with Gasteiger partial charge in [0, 0.05) is 39.3 Å². The highest BCUT2D eigenvalue weighted by atomic mass is 15.3. The largest absolute Gasteiger partial charge is 0.279 e. The Balaban J connectivity index is 1.35. The van der Waals surface area contributed by atoms with E-state index in [9.17, 15) is 0 Å². The Morgan fingerprint density at radius 2 is 0.792 bits per heavy atom. The molecule has 0 aliphatic rings. The minimum atomic E-state index is 0.499. The third-order valence-electron chi connectivity index (χ3n) is 8.08. The van der Waals surface area contributed by atoms with Crippen molar-refractivity contribution in [3.05, 3.63) is 182 Å². The van der Waals surface area contributed by atoms with E-state index in [1.165, 1.54) is 0 Å². The van der Waals surface area contributed by atoms with Crippen LogP contribution < -0.4 is 9.80 Å². The lowest BCUT2D eigenvalue weighted by Crippen LogP contribution is -2.19. The average molecular weight is 619 g/mol. The molecular formula is C42H30N6. The molecule has 6 aromatic carbocycles. The van der Waals surface area contributed by atoms with Gasteiger partial charge < -0.3 is 0 Å². The summed E-state index contributed by atoms with van der Waals surface area (Å²) in [6.07, 6.45) is 0. The second kappa shape index (κ2) is 13.0. The summed E-state index contributed by atoms with van der Waals surface area (Å²) in [5, 5.41) is 1.10. The summed E-state index contributed by atoms with van der Waals surface area (Å²) >= 11 is 0. The molecule has 6 heteroatoms. The van der Waals surface area contributed by atoms with Gasteiger partial charge in [0.15, 0.2) is 5.82 Å². The van der Waals surface area contributed by atoms with Gasteiger partial charge in [-0.1, -0.05) is 115 Å². The second-order valence-corrected chi connectivity index (χ2v) is 11.2. The van der Waals surface area contributed by atoms with Crippen LogP contribution in [0.4, 0.5) is 34.6 Å². The van der Waals surface area contributed by atoms with Gasteiger partial charge in [-0.05, 0) is 66.7 Å². The van der Waals surface area contributed by atoms with Crippen LogP contribution in [0.15, 0.2) is 182 Å². The van der Waals surface area contributed by atoms with Crippen molar-refractivity contribution in [2.75, 3.05) is 9.80 Å². The molecule has 48 heavy (non-hydrogen) atoms. The number of para-hydroxylation sites is 5. The van der Waals surface area contributed by atoms with Crippen molar-refractivity contribution in [3.63, 3.8) is 0 Å². The quantitative estimate of drug-likeness (QED) is 0.169. The number of anilines is 6. The van der Waals surface area contributed by atoms with E-state index >= 15 is 0 Å². The monoisotopic (exact) mass is 618 g/mol. The van der Waals surface area contributed by atoms with E-state index in [2.05, 4.69) is 88.7 Å². The molecule has 0 unspecified atom stereocenters. The zero-order valence-corrected chi connectivity index (χ0v) is 26.0. The van der Waals surface area contributed by atoms with Crippen LogP contribution >= 0.6 is 0 Å². The van der Waals surface area contributed by atoms with Crippen molar-refractivity contribution in [2.45, 2.75) is 0 Å². The Kier molecular flexibility index (Phi) is 7.79. The molecule has 8 rings (SSSR count). The van der Waals surface area contributed by atoms with E-state index in [0.29, 0.717) is 17.7 Å². The van der Waals surface area contributed by atoms with E-state index in [-0.39, 0.29) is 0 Å². The Labute approximate surface area is 279 Å². The van der Waals surface area contributed by atoms with Crippen LogP contribution in [0.5, 0.6) is 0 Å². The maximum atomic E-state index is 5.20. The topological polar surface area (TPSA) is 58.0 Å². The number of benzene rings is 6. The summed E-state index contributed by atoms with van der Waals surface area (Å²) in [4.78, 5) is 24.6. The summed E-state index contributed by atoms with van der Waals surface area (Å²) < 4.78 is 0. The number of hydrogen-bond acceptors (Lipinski definition) is 6. The molecular weight excluding hydrogens is 589 g/mol. The first kappa shape index (κ1) is 28.8. The number of aromatic nitrogens is 4. The zero-order valence-electron chi connectivity index (χ0n) is 26.0. The van der Waals surface area contributed by atoms with Gasteiger partial charge in [0.2, 0.25) is 11.9 Å². The van der Waals surface area contributed by atoms with E-state index in [4.69, 9.17) is 19.9 Å². The van der Waals surface area contributed by atoms with Gasteiger partial charge in [0.25, 0.3) is 0 Å². The third kappa shape index (κ3) is 5.86. The van der Waals surface area contributed by atoms with Gasteiger partial charge in [-0.3, -0.25) is 9.80 Å². The average Bonchev–Trinajstić information content (AvgIpc) is 3.17. The van der Waals surface area contributed by atoms with Crippen molar-refractivity contribution >= 4 is 45.5 Å². The van der Waals surface area contributed by atoms with E-state index in [0.717, 1.165) is 50.5 Å². The highest BCUT2D eigenvalue weighted by molar-refractivity contribution is 5.83. The zero-order chi connectivity index (χ0) is 32.1. The Morgan fingerprint density at radius 3 is 1.31 bits per heavy atom. The lowest BCUT2D eigenvalue weighted by molar-refractivity contribution is 0.988. The van der Waals surface area contributed by atoms with Crippen molar-refractivity contribution in [1.82, 2.24) is 19.9 Å². The highest BCUT2D eigenvalue weighted by Gasteiger charge is 2.23. The fraction of sp³-hybridized carbons (Fsp3) is 0. The minimum Gasteiger partial charge on any atom is -0.279 e. The Morgan fingerprint density at radius 1 is 0.333 bits per heavy atom. The van der Waals surface area contributed by atoms with Crippen molar-refractivity contribution < 1.29 is 0 Å². The Hall–Kier alpha value is -6.66. The fourth-order valence-corrected chi connectivity index (χ4v) is 5.80. The summed E-state index contributed by atoms with van der Waals surface area (Å²) in [7, 11) is 0. The smallest absolute Gasteiger partial charge is 0.240 e. The van der Waals surface area contributed by atoms with Gasteiger partial charge in [-0.2, -0.15) is 15.0 Å². The van der Waals surface area contributed by atoms with Crippen LogP contribution in [0, 0.1) is 0 Å². The van der Waals surface area contributed by atoms with Gasteiger partial charge in [-0.25, -0.2) is 4.98 Å². The maximum Gasteiger partial charge on any atom is 0.240 e. The number of rotatable bonds is 8. The van der Waals surface area contributed by atoms with Crippen LogP contribution in [0.3, 0.4) is 0 Å². The predicted molar refractivity (Wildman–Crippen MR) is 195 cm³/mol. The predicted octanol–water partition coefficient (Wildman–Crippen LogP) is 10.7. The van der Waals surface area contributed by atoms with Crippen LogP contribution in [-0.2, 0) is 0 Å². The number of fused-ring (bicyclic) bond motifs is 1. The molecule has 0 radical (unpaired) electrons. The van der Waals surface area contributed by atoms with Crippen LogP contribution in [0.25, 0.3) is 33.5 Å². The third-order valence-corrected chi connectivity index (χ3v) is 8.08. The molecule has 0 amide bonds. The normalized spacial score (nSPS) is 10.9. The molecule has 0 saturated carbocycles. The molecule has 0 aliphatic heterocycles. The van der Waals surface area contributed by atoms with Crippen LogP contribution in [-0.4, -0.2) is 19.9 Å². The van der Waals surface area contributed by atoms with E-state index in [1.807, 2.05) is 103 Å². The number of pyridine rings is 1. The lowest BCUT2D eigenvalue weighted by atomic mass is 10.1. The first-order valence-corrected chi connectivity index (χ1v) is 15.8. The molecule has 228 valence electrons. The van der Waals surface area contributed by atoms with Crippen LogP contribution in [0.2, 0.25) is 0 Å². The van der Waals surface area contributed by atoms with Crippen LogP contribution in [0.1, 0.15) is 0 Å². The molecule has 8 aromatic rings. The van der Waals surface area contributed by atoms with Gasteiger partial charge in [-0.15, -0.1) is 0 Å². The van der Waals surface area contributed by atoms with Crippen molar-refractivity contribution in [1.29, 1.82) is 0 Å². The number of hydrogen-bond donors (Lipinski definition) is 0. The molecule has 0 N–H and O–H groups in total. The van der Waals surface area contributed by atoms with Crippen molar-refractivity contribution in [2.24, 2.45) is 0 Å². The molecule has 0 fully saturated rings. The molecule has 2 aromatic heterocycles. The number of nitrogens with zero attached hydrogens (tertiary/aromatic N) is 6. The van der Waals surface area contributed by atoms with Gasteiger partial charge in [0.1, 0.15) is 0 Å². The highest BCUT2D eigenvalue weighted by Crippen LogP contribution is 2.38. The SMILES string of the molecule is c1ccc(N(c2ccccc2)c2nc(-c3cccc(-c4ccc5ccccc5n4)c3)nc(N(c3ccccc3)c3ccccc3)n2)cc1. The molecule has 2 heterocycles. The van der Waals surface area contributed by atoms with E-state index in [1.54, 1.807) is 0 Å².